The minimum Gasteiger partial charge on any atom is -0.383 e. The van der Waals surface area contributed by atoms with Crippen LogP contribution < -0.4 is 5.73 Å². The summed E-state index contributed by atoms with van der Waals surface area (Å²) in [6.07, 6.45) is 2.05. The number of likely N-dealkylation sites (N-methyl/N-ethyl adjacent to an activating group) is 1. The maximum absolute atomic E-state index is 12.0. The zero-order valence-electron chi connectivity index (χ0n) is 11.3. The molecule has 0 bridgehead atoms. The molecular formula is C12H21N3O3S. The van der Waals surface area contributed by atoms with Gasteiger partial charge in [0.05, 0.1) is 12.4 Å². The smallest absolute Gasteiger partial charge is 0.214 e. The van der Waals surface area contributed by atoms with E-state index in [2.05, 4.69) is 4.98 Å². The van der Waals surface area contributed by atoms with Crippen LogP contribution in [0, 0.1) is 0 Å². The van der Waals surface area contributed by atoms with Gasteiger partial charge in [-0.2, -0.15) is 0 Å². The molecule has 1 heterocycles. The molecule has 0 radical (unpaired) electrons. The van der Waals surface area contributed by atoms with Gasteiger partial charge in [-0.15, -0.1) is 0 Å². The average molecular weight is 287 g/mol. The highest BCUT2D eigenvalue weighted by Gasteiger charge is 2.20. The van der Waals surface area contributed by atoms with E-state index in [0.717, 1.165) is 5.69 Å². The molecule has 0 aliphatic heterocycles. The Morgan fingerprint density at radius 3 is 2.79 bits per heavy atom. The number of sulfonamides is 1. The van der Waals surface area contributed by atoms with Gasteiger partial charge in [0.1, 0.15) is 0 Å². The fourth-order valence-corrected chi connectivity index (χ4v) is 2.84. The Balaban J connectivity index is 2.51. The number of nitrogens with two attached hydrogens (primary N) is 1. The van der Waals surface area contributed by atoms with Crippen LogP contribution in [0.3, 0.4) is 0 Å². The number of hydrogen-bond donors (Lipinski definition) is 1. The van der Waals surface area contributed by atoms with Crippen LogP contribution in [0.15, 0.2) is 24.4 Å². The predicted molar refractivity (Wildman–Crippen MR) is 74.2 cm³/mol. The van der Waals surface area contributed by atoms with Crippen LogP contribution in [0.5, 0.6) is 0 Å². The van der Waals surface area contributed by atoms with E-state index in [1.165, 1.54) is 18.5 Å². The molecule has 0 fully saturated rings. The van der Waals surface area contributed by atoms with Gasteiger partial charge in [0.2, 0.25) is 10.0 Å². The monoisotopic (exact) mass is 287 g/mol. The van der Waals surface area contributed by atoms with Crippen molar-refractivity contribution in [1.82, 2.24) is 9.29 Å². The summed E-state index contributed by atoms with van der Waals surface area (Å²) in [5.74, 6) is 0.0280. The minimum atomic E-state index is -3.31. The van der Waals surface area contributed by atoms with Crippen LogP contribution >= 0.6 is 0 Å². The number of rotatable bonds is 8. The third kappa shape index (κ3) is 5.65. The highest BCUT2D eigenvalue weighted by molar-refractivity contribution is 7.89. The van der Waals surface area contributed by atoms with Gasteiger partial charge in [0, 0.05) is 45.1 Å². The number of pyridine rings is 1. The number of hydrogen-bond acceptors (Lipinski definition) is 5. The second-order valence-electron chi connectivity index (χ2n) is 4.38. The molecule has 1 unspecified atom stereocenters. The van der Waals surface area contributed by atoms with Gasteiger partial charge in [-0.25, -0.2) is 12.7 Å². The van der Waals surface area contributed by atoms with E-state index >= 15 is 0 Å². The summed E-state index contributed by atoms with van der Waals surface area (Å²) in [5, 5.41) is 0. The highest BCUT2D eigenvalue weighted by atomic mass is 32.2. The Hall–Kier alpha value is -1.02. The van der Waals surface area contributed by atoms with Crippen molar-refractivity contribution in [1.29, 1.82) is 0 Å². The van der Waals surface area contributed by atoms with Gasteiger partial charge >= 0.3 is 0 Å². The van der Waals surface area contributed by atoms with Crippen molar-refractivity contribution in [3.05, 3.63) is 30.1 Å². The predicted octanol–water partition coefficient (Wildman–Crippen LogP) is -0.141. The molecule has 0 amide bonds. The van der Waals surface area contributed by atoms with Gasteiger partial charge in [0.15, 0.2) is 0 Å². The topological polar surface area (TPSA) is 85.5 Å². The van der Waals surface area contributed by atoms with E-state index in [4.69, 9.17) is 10.5 Å². The zero-order chi connectivity index (χ0) is 14.3. The quantitative estimate of drug-likeness (QED) is 0.719. The van der Waals surface area contributed by atoms with Crippen molar-refractivity contribution in [3.63, 3.8) is 0 Å². The molecule has 1 aromatic heterocycles. The number of aryl methyl sites for hydroxylation is 1. The molecule has 1 atom stereocenters. The van der Waals surface area contributed by atoms with Crippen molar-refractivity contribution >= 4 is 10.0 Å². The third-order valence-corrected chi connectivity index (χ3v) is 4.51. The summed E-state index contributed by atoms with van der Waals surface area (Å²) in [6, 6.07) is 5.13. The summed E-state index contributed by atoms with van der Waals surface area (Å²) in [7, 11) is -0.246. The van der Waals surface area contributed by atoms with Gasteiger partial charge < -0.3 is 10.5 Å². The van der Waals surface area contributed by atoms with Gasteiger partial charge in [-0.3, -0.25) is 4.98 Å². The first-order valence-corrected chi connectivity index (χ1v) is 7.65. The normalized spacial score (nSPS) is 13.7. The number of methoxy groups -OCH3 is 1. The summed E-state index contributed by atoms with van der Waals surface area (Å²) < 4.78 is 30.3. The summed E-state index contributed by atoms with van der Waals surface area (Å²) in [4.78, 5) is 4.10. The van der Waals surface area contributed by atoms with E-state index in [1.54, 1.807) is 12.3 Å². The maximum atomic E-state index is 12.0. The molecule has 1 rings (SSSR count). The lowest BCUT2D eigenvalue weighted by atomic mass is 10.3. The Morgan fingerprint density at radius 2 is 2.21 bits per heavy atom. The van der Waals surface area contributed by atoms with Gasteiger partial charge in [-0.05, 0) is 12.1 Å². The Morgan fingerprint density at radius 1 is 1.47 bits per heavy atom. The average Bonchev–Trinajstić information content (AvgIpc) is 2.38. The second-order valence-corrected chi connectivity index (χ2v) is 6.58. The van der Waals surface area contributed by atoms with E-state index in [0.29, 0.717) is 13.0 Å². The van der Waals surface area contributed by atoms with Crippen molar-refractivity contribution in [2.75, 3.05) is 33.1 Å². The van der Waals surface area contributed by atoms with Crippen molar-refractivity contribution in [2.24, 2.45) is 5.73 Å². The zero-order valence-corrected chi connectivity index (χ0v) is 12.1. The molecule has 6 nitrogen and oxygen atoms in total. The molecule has 0 aromatic carbocycles. The van der Waals surface area contributed by atoms with Gasteiger partial charge in [0.25, 0.3) is 0 Å². The van der Waals surface area contributed by atoms with Crippen molar-refractivity contribution in [3.8, 4) is 0 Å². The summed E-state index contributed by atoms with van der Waals surface area (Å²) in [6.45, 7) is 0.582. The highest BCUT2D eigenvalue weighted by Crippen LogP contribution is 2.04. The van der Waals surface area contributed by atoms with E-state index < -0.39 is 10.0 Å². The van der Waals surface area contributed by atoms with Crippen LogP contribution in [0.25, 0.3) is 0 Å². The molecular weight excluding hydrogens is 266 g/mol. The van der Waals surface area contributed by atoms with E-state index in [-0.39, 0.29) is 18.3 Å². The lowest BCUT2D eigenvalue weighted by molar-refractivity contribution is 0.173. The molecule has 2 N–H and O–H groups in total. The minimum absolute atomic E-state index is 0.0280. The Labute approximate surface area is 114 Å². The van der Waals surface area contributed by atoms with Crippen LogP contribution in [-0.2, 0) is 21.2 Å². The molecule has 0 saturated carbocycles. The number of nitrogens with zero attached hydrogens (tertiary/aromatic N) is 2. The summed E-state index contributed by atoms with van der Waals surface area (Å²) in [5.41, 5.74) is 6.51. The first kappa shape index (κ1) is 16.0. The van der Waals surface area contributed by atoms with E-state index in [9.17, 15) is 8.42 Å². The van der Waals surface area contributed by atoms with Crippen LogP contribution in [-0.4, -0.2) is 56.8 Å². The van der Waals surface area contributed by atoms with Crippen molar-refractivity contribution in [2.45, 2.75) is 12.5 Å². The number of aromatic nitrogens is 1. The maximum Gasteiger partial charge on any atom is 0.214 e. The molecule has 0 spiro atoms. The molecule has 0 saturated heterocycles. The standard InChI is InChI=1S/C12H21N3O3S/c1-15(9-11(13)10-18-2)19(16,17)8-6-12-5-3-4-7-14-12/h3-5,7,11H,6,8-10,13H2,1-2H3. The summed E-state index contributed by atoms with van der Waals surface area (Å²) >= 11 is 0. The Bertz CT molecular complexity index is 464. The lowest BCUT2D eigenvalue weighted by Crippen LogP contribution is -2.42. The third-order valence-electron chi connectivity index (χ3n) is 2.69. The Kier molecular flexibility index (Phi) is 6.36. The van der Waals surface area contributed by atoms with Crippen LogP contribution in [0.1, 0.15) is 5.69 Å². The largest absolute Gasteiger partial charge is 0.383 e. The van der Waals surface area contributed by atoms with Crippen molar-refractivity contribution < 1.29 is 13.2 Å². The number of ether oxygens (including phenoxy) is 1. The molecule has 0 aliphatic rings. The van der Waals surface area contributed by atoms with Crippen LogP contribution in [0.2, 0.25) is 0 Å². The molecule has 7 heteroatoms. The molecule has 1 aromatic rings. The first-order chi connectivity index (χ1) is 8.95. The fourth-order valence-electron chi connectivity index (χ4n) is 1.65. The molecule has 108 valence electrons. The SMILES string of the molecule is COCC(N)CN(C)S(=O)(=O)CCc1ccccn1. The second kappa shape index (κ2) is 7.54. The first-order valence-electron chi connectivity index (χ1n) is 6.04. The fraction of sp³-hybridized carbons (Fsp3) is 0.583. The van der Waals surface area contributed by atoms with Gasteiger partial charge in [-0.1, -0.05) is 6.07 Å². The van der Waals surface area contributed by atoms with Crippen LogP contribution in [0.4, 0.5) is 0 Å². The molecule has 19 heavy (non-hydrogen) atoms. The molecule has 0 aliphatic carbocycles. The lowest BCUT2D eigenvalue weighted by Gasteiger charge is -2.20. The van der Waals surface area contributed by atoms with E-state index in [1.807, 2.05) is 12.1 Å².